The van der Waals surface area contributed by atoms with Crippen molar-refractivity contribution in [2.45, 2.75) is 0 Å². The molecule has 1 nitrogen and oxygen atoms in total. The van der Waals surface area contributed by atoms with E-state index in [0.29, 0.717) is 0 Å². The van der Waals surface area contributed by atoms with E-state index in [0.717, 1.165) is 17.1 Å². The van der Waals surface area contributed by atoms with Gasteiger partial charge in [0, 0.05) is 17.1 Å². The molecule has 0 atom stereocenters. The van der Waals surface area contributed by atoms with Crippen molar-refractivity contribution in [1.82, 2.24) is 0 Å². The Morgan fingerprint density at radius 2 is 0.623 bits per heavy atom. The van der Waals surface area contributed by atoms with Crippen LogP contribution in [0.25, 0.3) is 66.4 Å². The number of fused-ring (bicyclic) bond motifs is 1. The van der Waals surface area contributed by atoms with Crippen molar-refractivity contribution in [1.29, 1.82) is 0 Å². The van der Waals surface area contributed by atoms with Crippen molar-refractivity contribution < 1.29 is 0 Å². The van der Waals surface area contributed by atoms with Gasteiger partial charge in [-0.2, -0.15) is 0 Å². The summed E-state index contributed by atoms with van der Waals surface area (Å²) >= 11 is 0. The van der Waals surface area contributed by atoms with E-state index in [2.05, 4.69) is 229 Å². The van der Waals surface area contributed by atoms with Crippen molar-refractivity contribution in [3.63, 3.8) is 0 Å². The van der Waals surface area contributed by atoms with Crippen LogP contribution in [-0.4, -0.2) is 0 Å². The molecule has 53 heavy (non-hydrogen) atoms. The molecule has 0 radical (unpaired) electrons. The van der Waals surface area contributed by atoms with Crippen LogP contribution < -0.4 is 4.90 Å². The van der Waals surface area contributed by atoms with E-state index >= 15 is 0 Å². The lowest BCUT2D eigenvalue weighted by atomic mass is 9.91. The van der Waals surface area contributed by atoms with Crippen LogP contribution >= 0.6 is 0 Å². The summed E-state index contributed by atoms with van der Waals surface area (Å²) in [7, 11) is 0. The molecular weight excluding hydrogens is 639 g/mol. The van der Waals surface area contributed by atoms with E-state index in [1.807, 2.05) is 0 Å². The van der Waals surface area contributed by atoms with Crippen LogP contribution in [0, 0.1) is 0 Å². The maximum Gasteiger partial charge on any atom is 0.0468 e. The van der Waals surface area contributed by atoms with Crippen molar-refractivity contribution in [3.8, 4) is 55.6 Å². The summed E-state index contributed by atoms with van der Waals surface area (Å²) in [6.07, 6.45) is 0. The highest BCUT2D eigenvalue weighted by molar-refractivity contribution is 5.97. The first-order valence-corrected chi connectivity index (χ1v) is 18.2. The maximum absolute atomic E-state index is 2.36. The quantitative estimate of drug-likeness (QED) is 0.155. The van der Waals surface area contributed by atoms with E-state index in [9.17, 15) is 0 Å². The predicted octanol–water partition coefficient (Wildman–Crippen LogP) is 14.6. The third-order valence-corrected chi connectivity index (χ3v) is 10.1. The lowest BCUT2D eigenvalue weighted by molar-refractivity contribution is 1.28. The van der Waals surface area contributed by atoms with Gasteiger partial charge in [0.2, 0.25) is 0 Å². The zero-order chi connectivity index (χ0) is 35.4. The molecule has 0 N–H and O–H groups in total. The van der Waals surface area contributed by atoms with Crippen molar-refractivity contribution in [2.24, 2.45) is 0 Å². The molecule has 0 amide bonds. The summed E-state index contributed by atoms with van der Waals surface area (Å²) in [5.74, 6) is 0. The Kier molecular flexibility index (Phi) is 8.66. The molecule has 0 saturated heterocycles. The molecule has 0 heterocycles. The molecular formula is C52H37N. The average molecular weight is 676 g/mol. The van der Waals surface area contributed by atoms with E-state index in [1.165, 1.54) is 66.4 Å². The smallest absolute Gasteiger partial charge is 0.0468 e. The van der Waals surface area contributed by atoms with Gasteiger partial charge >= 0.3 is 0 Å². The van der Waals surface area contributed by atoms with Gasteiger partial charge < -0.3 is 4.90 Å². The fourth-order valence-corrected chi connectivity index (χ4v) is 7.40. The van der Waals surface area contributed by atoms with Gasteiger partial charge in [-0.25, -0.2) is 0 Å². The SMILES string of the molecule is c1ccc(-c2ccc(N(c3ccc(-c4ccccc4)cc3)c3ccc(-c4ccc(-c5cccc6ccccc56)cc4)c(-c4ccccc4)c3)cc2)cc1. The fourth-order valence-electron chi connectivity index (χ4n) is 7.40. The summed E-state index contributed by atoms with van der Waals surface area (Å²) in [5.41, 5.74) is 15.3. The number of hydrogen-bond donors (Lipinski definition) is 0. The van der Waals surface area contributed by atoms with Crippen LogP contribution in [0.15, 0.2) is 224 Å². The number of hydrogen-bond acceptors (Lipinski definition) is 1. The molecule has 0 fully saturated rings. The fraction of sp³-hybridized carbons (Fsp3) is 0. The highest BCUT2D eigenvalue weighted by Gasteiger charge is 2.17. The van der Waals surface area contributed by atoms with Gasteiger partial charge in [0.15, 0.2) is 0 Å². The first-order valence-electron chi connectivity index (χ1n) is 18.2. The number of nitrogens with zero attached hydrogens (tertiary/aromatic N) is 1. The minimum absolute atomic E-state index is 1.10. The summed E-state index contributed by atoms with van der Waals surface area (Å²) in [5, 5.41) is 2.52. The van der Waals surface area contributed by atoms with Crippen LogP contribution in [-0.2, 0) is 0 Å². The minimum atomic E-state index is 1.10. The topological polar surface area (TPSA) is 3.24 Å². The molecule has 0 aliphatic carbocycles. The van der Waals surface area contributed by atoms with Crippen molar-refractivity contribution in [3.05, 3.63) is 224 Å². The Morgan fingerprint density at radius 1 is 0.226 bits per heavy atom. The van der Waals surface area contributed by atoms with Gasteiger partial charge in [-0.05, 0) is 103 Å². The van der Waals surface area contributed by atoms with Crippen molar-refractivity contribution >= 4 is 27.8 Å². The molecule has 0 bridgehead atoms. The first kappa shape index (κ1) is 32.0. The minimum Gasteiger partial charge on any atom is -0.310 e. The van der Waals surface area contributed by atoms with Gasteiger partial charge in [0.1, 0.15) is 0 Å². The van der Waals surface area contributed by atoms with Gasteiger partial charge in [0.25, 0.3) is 0 Å². The lowest BCUT2D eigenvalue weighted by Gasteiger charge is -2.27. The van der Waals surface area contributed by atoms with E-state index < -0.39 is 0 Å². The van der Waals surface area contributed by atoms with Crippen molar-refractivity contribution in [2.75, 3.05) is 4.90 Å². The number of anilines is 3. The predicted molar refractivity (Wildman–Crippen MR) is 226 cm³/mol. The van der Waals surface area contributed by atoms with Crippen LogP contribution in [0.2, 0.25) is 0 Å². The molecule has 0 unspecified atom stereocenters. The van der Waals surface area contributed by atoms with Crippen LogP contribution in [0.5, 0.6) is 0 Å². The van der Waals surface area contributed by atoms with E-state index in [4.69, 9.17) is 0 Å². The summed E-state index contributed by atoms with van der Waals surface area (Å²) < 4.78 is 0. The first-order chi connectivity index (χ1) is 26.3. The summed E-state index contributed by atoms with van der Waals surface area (Å²) in [4.78, 5) is 2.36. The standard InChI is InChI=1S/C52H37N/c1-4-13-38(14-5-1)40-27-31-46(32-28-40)53(47-33-29-41(30-34-47)39-15-6-2-7-16-39)48-35-36-51(52(37-48)43-17-8-3-9-18-43)45-25-23-44(24-26-45)50-22-12-20-42-19-10-11-21-49(42)50/h1-37H. The Bertz CT molecular complexity index is 2520. The lowest BCUT2D eigenvalue weighted by Crippen LogP contribution is -2.10. The van der Waals surface area contributed by atoms with Gasteiger partial charge in [-0.1, -0.05) is 188 Å². The number of rotatable bonds is 8. The molecule has 250 valence electrons. The highest BCUT2D eigenvalue weighted by Crippen LogP contribution is 2.42. The van der Waals surface area contributed by atoms with Gasteiger partial charge in [-0.15, -0.1) is 0 Å². The Balaban J connectivity index is 1.15. The molecule has 9 aromatic carbocycles. The average Bonchev–Trinajstić information content (AvgIpc) is 3.25. The molecule has 0 aliphatic rings. The van der Waals surface area contributed by atoms with Crippen LogP contribution in [0.4, 0.5) is 17.1 Å². The van der Waals surface area contributed by atoms with E-state index in [-0.39, 0.29) is 0 Å². The van der Waals surface area contributed by atoms with Crippen LogP contribution in [0.3, 0.4) is 0 Å². The zero-order valence-corrected chi connectivity index (χ0v) is 29.3. The second-order valence-electron chi connectivity index (χ2n) is 13.4. The Hall–Kier alpha value is -6.96. The zero-order valence-electron chi connectivity index (χ0n) is 29.3. The second-order valence-corrected chi connectivity index (χ2v) is 13.4. The summed E-state index contributed by atoms with van der Waals surface area (Å²) in [6, 6.07) is 80.8. The Labute approximate surface area is 311 Å². The van der Waals surface area contributed by atoms with Gasteiger partial charge in [-0.3, -0.25) is 0 Å². The molecule has 9 aromatic rings. The third kappa shape index (κ3) is 6.53. The second kappa shape index (κ2) is 14.3. The molecule has 0 saturated carbocycles. The van der Waals surface area contributed by atoms with Gasteiger partial charge in [0.05, 0.1) is 0 Å². The van der Waals surface area contributed by atoms with E-state index in [1.54, 1.807) is 0 Å². The summed E-state index contributed by atoms with van der Waals surface area (Å²) in [6.45, 7) is 0. The number of benzene rings is 9. The maximum atomic E-state index is 2.36. The normalized spacial score (nSPS) is 11.0. The molecule has 1 heteroatoms. The highest BCUT2D eigenvalue weighted by atomic mass is 15.1. The molecule has 9 rings (SSSR count). The third-order valence-electron chi connectivity index (χ3n) is 10.1. The molecule has 0 aliphatic heterocycles. The molecule has 0 aromatic heterocycles. The van der Waals surface area contributed by atoms with Crippen LogP contribution in [0.1, 0.15) is 0 Å². The monoisotopic (exact) mass is 675 g/mol. The Morgan fingerprint density at radius 3 is 1.19 bits per heavy atom. The molecule has 0 spiro atoms. The largest absolute Gasteiger partial charge is 0.310 e.